The van der Waals surface area contributed by atoms with E-state index in [9.17, 15) is 18.7 Å². The average Bonchev–Trinajstić information content (AvgIpc) is 3.60. The van der Waals surface area contributed by atoms with Gasteiger partial charge in [0.2, 0.25) is 0 Å². The Labute approximate surface area is 234 Å². The number of fused-ring (bicyclic) bond motifs is 4. The summed E-state index contributed by atoms with van der Waals surface area (Å²) in [4.78, 5) is 25.6. The average molecular weight is 561 g/mol. The lowest BCUT2D eigenvalue weighted by molar-refractivity contribution is -0.142. The highest BCUT2D eigenvalue weighted by Gasteiger charge is 2.44. The van der Waals surface area contributed by atoms with Crippen molar-refractivity contribution in [2.45, 2.75) is 75.9 Å². The molecule has 7 rings (SSSR count). The molecule has 2 aliphatic rings. The Morgan fingerprint density at radius 1 is 0.976 bits per heavy atom. The third-order valence-electron chi connectivity index (χ3n) is 8.67. The minimum atomic E-state index is -2.91. The molecule has 2 aliphatic carbocycles. The lowest BCUT2D eigenvalue weighted by Gasteiger charge is -2.21. The molecule has 0 saturated heterocycles. The number of alkyl halides is 2. The van der Waals surface area contributed by atoms with Gasteiger partial charge >= 0.3 is 5.97 Å². The van der Waals surface area contributed by atoms with E-state index >= 15 is 0 Å². The summed E-state index contributed by atoms with van der Waals surface area (Å²) < 4.78 is 42.6. The minimum Gasteiger partial charge on any atom is -0.481 e. The normalized spacial score (nSPS) is 22.2. The Hall–Kier alpha value is -4.08. The number of aromatic nitrogens is 4. The van der Waals surface area contributed by atoms with Crippen LogP contribution in [0.5, 0.6) is 6.01 Å². The molecule has 3 aromatic heterocycles. The largest absolute Gasteiger partial charge is 0.481 e. The summed E-state index contributed by atoms with van der Waals surface area (Å²) in [5.41, 5.74) is 3.02. The number of nitrogens with zero attached hydrogens (tertiary/aromatic N) is 4. The molecule has 2 aromatic carbocycles. The molecule has 0 unspecified atom stereocenters. The van der Waals surface area contributed by atoms with Gasteiger partial charge in [-0.1, -0.05) is 49.9 Å². The number of ether oxygens (including phenoxy) is 1. The van der Waals surface area contributed by atoms with E-state index in [2.05, 4.69) is 14.5 Å². The number of furan rings is 1. The van der Waals surface area contributed by atoms with E-state index < -0.39 is 36.2 Å². The lowest BCUT2D eigenvalue weighted by atomic mass is 9.92. The highest BCUT2D eigenvalue weighted by Crippen LogP contribution is 2.45. The number of benzene rings is 2. The molecule has 212 valence electrons. The van der Waals surface area contributed by atoms with E-state index in [1.807, 2.05) is 24.3 Å². The van der Waals surface area contributed by atoms with Crippen molar-refractivity contribution < 1.29 is 27.8 Å². The van der Waals surface area contributed by atoms with E-state index in [0.717, 1.165) is 36.7 Å². The molecule has 1 N–H and O–H groups in total. The van der Waals surface area contributed by atoms with Crippen molar-refractivity contribution in [3.05, 3.63) is 60.0 Å². The van der Waals surface area contributed by atoms with Crippen molar-refractivity contribution in [3.63, 3.8) is 0 Å². The van der Waals surface area contributed by atoms with Crippen LogP contribution in [0.15, 0.2) is 52.9 Å². The lowest BCUT2D eigenvalue weighted by Crippen LogP contribution is -2.20. The van der Waals surface area contributed by atoms with Crippen LogP contribution in [0.1, 0.15) is 81.3 Å². The predicted octanol–water partition coefficient (Wildman–Crippen LogP) is 7.58. The van der Waals surface area contributed by atoms with E-state index in [0.29, 0.717) is 17.0 Å². The molecule has 0 aliphatic heterocycles. The second-order valence-corrected chi connectivity index (χ2v) is 11.2. The van der Waals surface area contributed by atoms with Crippen LogP contribution < -0.4 is 4.74 Å². The van der Waals surface area contributed by atoms with Crippen molar-refractivity contribution in [2.24, 2.45) is 5.92 Å². The van der Waals surface area contributed by atoms with Crippen molar-refractivity contribution in [2.75, 3.05) is 0 Å². The molecule has 3 atom stereocenters. The van der Waals surface area contributed by atoms with Crippen molar-refractivity contribution >= 4 is 39.1 Å². The van der Waals surface area contributed by atoms with Crippen molar-refractivity contribution in [1.29, 1.82) is 0 Å². The summed E-state index contributed by atoms with van der Waals surface area (Å²) >= 11 is 0. The Kier molecular flexibility index (Phi) is 6.55. The van der Waals surface area contributed by atoms with Gasteiger partial charge in [0.05, 0.1) is 22.6 Å². The zero-order valence-corrected chi connectivity index (χ0v) is 22.4. The molecule has 0 radical (unpaired) electrons. The number of carboxylic acids is 1. The molecule has 2 fully saturated rings. The van der Waals surface area contributed by atoms with Gasteiger partial charge in [-0.15, -0.1) is 0 Å². The maximum Gasteiger partial charge on any atom is 0.307 e. The summed E-state index contributed by atoms with van der Waals surface area (Å²) in [7, 11) is 0. The molecule has 0 spiro atoms. The molecule has 0 amide bonds. The van der Waals surface area contributed by atoms with Gasteiger partial charge in [0, 0.05) is 17.3 Å². The Morgan fingerprint density at radius 2 is 1.73 bits per heavy atom. The van der Waals surface area contributed by atoms with Gasteiger partial charge in [-0.05, 0) is 49.9 Å². The number of halogens is 2. The van der Waals surface area contributed by atoms with Crippen LogP contribution in [0.25, 0.3) is 33.1 Å². The first kappa shape index (κ1) is 25.9. The number of hydrogen-bond acceptors (Lipinski definition) is 6. The fraction of sp³-hybridized carbons (Fsp3) is 0.419. The van der Waals surface area contributed by atoms with Gasteiger partial charge < -0.3 is 14.3 Å². The summed E-state index contributed by atoms with van der Waals surface area (Å²) in [5, 5.41) is 10.8. The van der Waals surface area contributed by atoms with Crippen LogP contribution in [0, 0.1) is 5.92 Å². The SMILES string of the molecule is O=C(O)[C@@H]1C[C@H](Oc2nc3ccccc3n2C2CCCCCC2)C[C@H]1c1nc(C(F)F)nc2c1oc1ccccc12. The molecular formula is C31H30F2N4O4. The second kappa shape index (κ2) is 10.4. The van der Waals surface area contributed by atoms with Gasteiger partial charge in [-0.25, -0.2) is 18.7 Å². The Balaban J connectivity index is 1.28. The van der Waals surface area contributed by atoms with Crippen LogP contribution in [0.3, 0.4) is 0 Å². The first-order valence-electron chi connectivity index (χ1n) is 14.3. The molecular weight excluding hydrogens is 530 g/mol. The van der Waals surface area contributed by atoms with Crippen LogP contribution in [-0.4, -0.2) is 36.7 Å². The topological polar surface area (TPSA) is 103 Å². The van der Waals surface area contributed by atoms with Gasteiger partial charge in [0.1, 0.15) is 17.2 Å². The third kappa shape index (κ3) is 4.59. The van der Waals surface area contributed by atoms with E-state index in [4.69, 9.17) is 14.1 Å². The predicted molar refractivity (Wildman–Crippen MR) is 148 cm³/mol. The number of carboxylic acid groups (broad SMARTS) is 1. The number of imidazole rings is 1. The third-order valence-corrected chi connectivity index (χ3v) is 8.67. The highest BCUT2D eigenvalue weighted by atomic mass is 19.3. The quantitative estimate of drug-likeness (QED) is 0.214. The molecule has 2 saturated carbocycles. The maximum atomic E-state index is 13.9. The number of hydrogen-bond donors (Lipinski definition) is 1. The van der Waals surface area contributed by atoms with E-state index in [-0.39, 0.29) is 35.7 Å². The zero-order chi connectivity index (χ0) is 28.1. The van der Waals surface area contributed by atoms with Crippen LogP contribution in [-0.2, 0) is 4.79 Å². The van der Waals surface area contributed by atoms with Gasteiger partial charge in [0.25, 0.3) is 12.4 Å². The van der Waals surface area contributed by atoms with Gasteiger partial charge in [-0.2, -0.15) is 4.98 Å². The summed E-state index contributed by atoms with van der Waals surface area (Å²) in [6, 6.07) is 15.7. The number of aliphatic carboxylic acids is 1. The summed E-state index contributed by atoms with van der Waals surface area (Å²) in [6.07, 6.45) is 3.81. The number of rotatable bonds is 6. The van der Waals surface area contributed by atoms with Crippen LogP contribution in [0.4, 0.5) is 8.78 Å². The van der Waals surface area contributed by atoms with E-state index in [1.165, 1.54) is 12.8 Å². The molecule has 3 heterocycles. The van der Waals surface area contributed by atoms with Gasteiger partial charge in [-0.3, -0.25) is 9.36 Å². The highest BCUT2D eigenvalue weighted by molar-refractivity contribution is 6.03. The van der Waals surface area contributed by atoms with Gasteiger partial charge in [0.15, 0.2) is 11.4 Å². The smallest absolute Gasteiger partial charge is 0.307 e. The fourth-order valence-corrected chi connectivity index (χ4v) is 6.77. The summed E-state index contributed by atoms with van der Waals surface area (Å²) in [5.74, 6) is -3.26. The van der Waals surface area contributed by atoms with Crippen LogP contribution in [0.2, 0.25) is 0 Å². The second-order valence-electron chi connectivity index (χ2n) is 11.2. The molecule has 5 aromatic rings. The number of para-hydroxylation sites is 3. The first-order valence-corrected chi connectivity index (χ1v) is 14.3. The Morgan fingerprint density at radius 3 is 2.51 bits per heavy atom. The fourth-order valence-electron chi connectivity index (χ4n) is 6.77. The van der Waals surface area contributed by atoms with Crippen molar-refractivity contribution in [1.82, 2.24) is 19.5 Å². The Bertz CT molecular complexity index is 1740. The minimum absolute atomic E-state index is 0.192. The summed E-state index contributed by atoms with van der Waals surface area (Å²) in [6.45, 7) is 0. The maximum absolute atomic E-state index is 13.9. The number of carbonyl (C=O) groups is 1. The zero-order valence-electron chi connectivity index (χ0n) is 22.4. The van der Waals surface area contributed by atoms with Crippen LogP contribution >= 0.6 is 0 Å². The molecule has 41 heavy (non-hydrogen) atoms. The molecule has 8 nitrogen and oxygen atoms in total. The first-order chi connectivity index (χ1) is 20.0. The molecule has 0 bridgehead atoms. The van der Waals surface area contributed by atoms with E-state index in [1.54, 1.807) is 24.3 Å². The monoisotopic (exact) mass is 560 g/mol. The standard InChI is InChI=1S/C31H30F2N4O4/c32-28(33)29-35-25-19-11-5-8-14-24(19)41-27(25)26(36-29)20-15-18(16-21(20)30(38)39)40-31-34-22-12-6-7-13-23(22)37(31)17-9-3-1-2-4-10-17/h5-8,11-14,17-18,20-21,28H,1-4,9-10,15-16H2,(H,38,39)/t18-,20-,21-/m1/s1. The molecule has 10 heteroatoms. The van der Waals surface area contributed by atoms with Crippen molar-refractivity contribution in [3.8, 4) is 6.01 Å².